The van der Waals surface area contributed by atoms with Crippen LogP contribution in [0.25, 0.3) is 0 Å². The second-order valence-electron chi connectivity index (χ2n) is 5.98. The number of rotatable bonds is 11. The predicted molar refractivity (Wildman–Crippen MR) is 117 cm³/mol. The average molecular weight is 496 g/mol. The first-order valence-electron chi connectivity index (χ1n) is 8.97. The van der Waals surface area contributed by atoms with Crippen LogP contribution in [0.15, 0.2) is 51.8 Å². The summed E-state index contributed by atoms with van der Waals surface area (Å²) in [5.74, 6) is -0.387. The maximum atomic E-state index is 12.5. The summed E-state index contributed by atoms with van der Waals surface area (Å²) in [4.78, 5) is 37.3. The highest BCUT2D eigenvalue weighted by atomic mass is 79.9. The number of hydrogen-bond acceptors (Lipinski definition) is 7. The fraction of sp³-hybridized carbons (Fsp3) is 0.286. The van der Waals surface area contributed by atoms with E-state index in [1.807, 2.05) is 0 Å². The Morgan fingerprint density at radius 2 is 1.87 bits per heavy atom. The first-order chi connectivity index (χ1) is 14.5. The van der Waals surface area contributed by atoms with Crippen molar-refractivity contribution in [1.82, 2.24) is 5.32 Å². The van der Waals surface area contributed by atoms with E-state index in [4.69, 9.17) is 14.2 Å². The van der Waals surface area contributed by atoms with Crippen molar-refractivity contribution in [1.29, 1.82) is 0 Å². The van der Waals surface area contributed by atoms with Crippen LogP contribution < -0.4 is 10.1 Å². The Hall–Kier alpha value is -2.36. The smallest absolute Gasteiger partial charge is 0.339 e. The maximum Gasteiger partial charge on any atom is 0.339 e. The minimum atomic E-state index is -0.626. The molecule has 2 rings (SSSR count). The molecule has 160 valence electrons. The predicted octanol–water partition coefficient (Wildman–Crippen LogP) is 3.35. The number of halogens is 1. The summed E-state index contributed by atoms with van der Waals surface area (Å²) in [6.07, 6.45) is 0. The Bertz CT molecular complexity index is 905. The molecule has 0 saturated heterocycles. The Morgan fingerprint density at radius 3 is 2.57 bits per heavy atom. The molecule has 0 atom stereocenters. The molecule has 9 heteroatoms. The molecule has 0 unspecified atom stereocenters. The highest BCUT2D eigenvalue weighted by molar-refractivity contribution is 9.10. The number of nitrogens with one attached hydrogen (secondary N) is 1. The molecule has 7 nitrogen and oxygen atoms in total. The molecule has 0 spiro atoms. The molecule has 0 radical (unpaired) electrons. The number of carbonyl (C=O) groups is 3. The lowest BCUT2D eigenvalue weighted by atomic mass is 10.1. The van der Waals surface area contributed by atoms with Crippen molar-refractivity contribution in [2.75, 3.05) is 39.7 Å². The van der Waals surface area contributed by atoms with Gasteiger partial charge in [-0.05, 0) is 46.3 Å². The Labute approximate surface area is 187 Å². The molecule has 0 heterocycles. The number of carbonyl (C=O) groups excluding carboxylic acids is 3. The summed E-state index contributed by atoms with van der Waals surface area (Å²) < 4.78 is 15.9. The van der Waals surface area contributed by atoms with Crippen molar-refractivity contribution >= 4 is 45.4 Å². The van der Waals surface area contributed by atoms with Gasteiger partial charge in [-0.15, -0.1) is 11.8 Å². The van der Waals surface area contributed by atoms with E-state index in [0.717, 1.165) is 0 Å². The molecule has 0 aliphatic carbocycles. The second kappa shape index (κ2) is 12.4. The topological polar surface area (TPSA) is 90.9 Å². The van der Waals surface area contributed by atoms with E-state index >= 15 is 0 Å². The van der Waals surface area contributed by atoms with Gasteiger partial charge in [0.2, 0.25) is 5.91 Å². The van der Waals surface area contributed by atoms with Gasteiger partial charge in [0.15, 0.2) is 12.4 Å². The molecule has 30 heavy (non-hydrogen) atoms. The highest BCUT2D eigenvalue weighted by Crippen LogP contribution is 2.26. The molecule has 2 aromatic rings. The van der Waals surface area contributed by atoms with Gasteiger partial charge < -0.3 is 19.5 Å². The van der Waals surface area contributed by atoms with Gasteiger partial charge in [0.1, 0.15) is 5.75 Å². The molecule has 1 amide bonds. The van der Waals surface area contributed by atoms with Gasteiger partial charge in [-0.25, -0.2) is 4.79 Å². The summed E-state index contributed by atoms with van der Waals surface area (Å²) in [6, 6.07) is 11.7. The van der Waals surface area contributed by atoms with Gasteiger partial charge in [0, 0.05) is 24.1 Å². The Kier molecular flexibility index (Phi) is 9.85. The van der Waals surface area contributed by atoms with Crippen molar-refractivity contribution in [2.45, 2.75) is 4.90 Å². The van der Waals surface area contributed by atoms with Gasteiger partial charge in [-0.1, -0.05) is 12.1 Å². The standard InChI is InChI=1S/C21H22BrNO6S/c1-27-10-9-23-20(25)13-30-19-6-4-3-5-15(19)21(26)29-12-17(24)14-7-8-18(28-2)16(22)11-14/h3-8,11H,9-10,12-13H2,1-2H3,(H,23,25). The van der Waals surface area contributed by atoms with Gasteiger partial charge >= 0.3 is 5.97 Å². The van der Waals surface area contributed by atoms with Crippen LogP contribution >= 0.6 is 27.7 Å². The summed E-state index contributed by atoms with van der Waals surface area (Å²) >= 11 is 4.54. The zero-order chi connectivity index (χ0) is 21.9. The molecule has 0 bridgehead atoms. The van der Waals surface area contributed by atoms with Crippen LogP contribution in [0.5, 0.6) is 5.75 Å². The summed E-state index contributed by atoms with van der Waals surface area (Å²) in [5.41, 5.74) is 0.696. The third-order valence-electron chi connectivity index (χ3n) is 3.90. The number of methoxy groups -OCH3 is 2. The van der Waals surface area contributed by atoms with Crippen LogP contribution in [0, 0.1) is 0 Å². The van der Waals surface area contributed by atoms with Crippen LogP contribution in [0.3, 0.4) is 0 Å². The molecule has 1 N–H and O–H groups in total. The van der Waals surface area contributed by atoms with Crippen molar-refractivity contribution in [2.24, 2.45) is 0 Å². The lowest BCUT2D eigenvalue weighted by Crippen LogP contribution is -2.28. The van der Waals surface area contributed by atoms with E-state index in [0.29, 0.717) is 39.4 Å². The lowest BCUT2D eigenvalue weighted by Gasteiger charge is -2.10. The van der Waals surface area contributed by atoms with E-state index in [1.54, 1.807) is 49.6 Å². The Morgan fingerprint density at radius 1 is 1.10 bits per heavy atom. The molecule has 0 saturated carbocycles. The molecule has 0 fully saturated rings. The van der Waals surface area contributed by atoms with E-state index < -0.39 is 12.6 Å². The van der Waals surface area contributed by atoms with Crippen LogP contribution in [-0.2, 0) is 14.3 Å². The van der Waals surface area contributed by atoms with Gasteiger partial charge in [-0.3, -0.25) is 9.59 Å². The van der Waals surface area contributed by atoms with E-state index in [-0.39, 0.29) is 17.4 Å². The number of benzene rings is 2. The SMILES string of the molecule is COCCNC(=O)CSc1ccccc1C(=O)OCC(=O)c1ccc(OC)c(Br)c1. The number of ketones is 1. The number of hydrogen-bond donors (Lipinski definition) is 1. The van der Waals surface area contributed by atoms with Crippen LogP contribution in [-0.4, -0.2) is 57.4 Å². The lowest BCUT2D eigenvalue weighted by molar-refractivity contribution is -0.118. The van der Waals surface area contributed by atoms with E-state index in [2.05, 4.69) is 21.2 Å². The third kappa shape index (κ3) is 7.16. The molecule has 0 aliphatic rings. The fourth-order valence-corrected chi connectivity index (χ4v) is 3.79. The normalized spacial score (nSPS) is 10.4. The molecular formula is C21H22BrNO6S. The van der Waals surface area contributed by atoms with Gasteiger partial charge in [0.05, 0.1) is 29.5 Å². The first kappa shape index (κ1) is 23.9. The second-order valence-corrected chi connectivity index (χ2v) is 7.85. The number of thioether (sulfide) groups is 1. The van der Waals surface area contributed by atoms with Crippen molar-refractivity contribution < 1.29 is 28.6 Å². The molecule has 0 aliphatic heterocycles. The number of amides is 1. The minimum absolute atomic E-state index is 0.146. The summed E-state index contributed by atoms with van der Waals surface area (Å²) in [5, 5.41) is 2.72. The number of Topliss-reactive ketones (excluding diaryl/α,β-unsaturated/α-hetero) is 1. The monoisotopic (exact) mass is 495 g/mol. The maximum absolute atomic E-state index is 12.5. The number of ether oxygens (including phenoxy) is 3. The zero-order valence-electron chi connectivity index (χ0n) is 16.6. The summed E-state index contributed by atoms with van der Waals surface area (Å²) in [7, 11) is 3.09. The van der Waals surface area contributed by atoms with Gasteiger partial charge in [0.25, 0.3) is 0 Å². The van der Waals surface area contributed by atoms with Crippen molar-refractivity contribution in [3.8, 4) is 5.75 Å². The molecular weight excluding hydrogens is 474 g/mol. The highest BCUT2D eigenvalue weighted by Gasteiger charge is 2.17. The summed E-state index contributed by atoms with van der Waals surface area (Å²) in [6.45, 7) is 0.454. The van der Waals surface area contributed by atoms with Crippen molar-refractivity contribution in [3.05, 3.63) is 58.1 Å². The largest absolute Gasteiger partial charge is 0.496 e. The van der Waals surface area contributed by atoms with Crippen LogP contribution in [0.1, 0.15) is 20.7 Å². The zero-order valence-corrected chi connectivity index (χ0v) is 19.0. The van der Waals surface area contributed by atoms with Crippen LogP contribution in [0.4, 0.5) is 0 Å². The average Bonchev–Trinajstić information content (AvgIpc) is 2.76. The van der Waals surface area contributed by atoms with Crippen molar-refractivity contribution in [3.63, 3.8) is 0 Å². The Balaban J connectivity index is 1.94. The van der Waals surface area contributed by atoms with E-state index in [9.17, 15) is 14.4 Å². The molecule has 0 aromatic heterocycles. The third-order valence-corrected chi connectivity index (χ3v) is 5.60. The van der Waals surface area contributed by atoms with Crippen LogP contribution in [0.2, 0.25) is 0 Å². The van der Waals surface area contributed by atoms with E-state index in [1.165, 1.54) is 18.9 Å². The van der Waals surface area contributed by atoms with Gasteiger partial charge in [-0.2, -0.15) is 0 Å². The molecule has 2 aromatic carbocycles. The fourth-order valence-electron chi connectivity index (χ4n) is 2.38. The minimum Gasteiger partial charge on any atom is -0.496 e. The first-order valence-corrected chi connectivity index (χ1v) is 10.8. The quantitative estimate of drug-likeness (QED) is 0.221. The number of esters is 1.